The highest BCUT2D eigenvalue weighted by Gasteiger charge is 2.23. The van der Waals surface area contributed by atoms with Crippen LogP contribution in [0.4, 0.5) is 5.69 Å². The number of carbonyl (C=O) groups is 1. The lowest BCUT2D eigenvalue weighted by molar-refractivity contribution is 0.0699. The Kier molecular flexibility index (Phi) is 4.97. The Labute approximate surface area is 187 Å². The molecule has 0 unspecified atom stereocenters. The molecule has 0 bridgehead atoms. The number of hydrogen-bond donors (Lipinski definition) is 1. The third kappa shape index (κ3) is 3.29. The van der Waals surface area contributed by atoms with E-state index in [1.807, 2.05) is 29.7 Å². The third-order valence-corrected chi connectivity index (χ3v) is 6.10. The fourth-order valence-electron chi connectivity index (χ4n) is 4.10. The van der Waals surface area contributed by atoms with Crippen molar-refractivity contribution in [2.75, 3.05) is 31.2 Å². The number of ether oxygens (including phenoxy) is 1. The number of imidazole rings is 1. The van der Waals surface area contributed by atoms with Crippen LogP contribution in [0.3, 0.4) is 0 Å². The first-order chi connectivity index (χ1) is 15.0. The van der Waals surface area contributed by atoms with Gasteiger partial charge in [0.05, 0.1) is 45.5 Å². The van der Waals surface area contributed by atoms with Gasteiger partial charge in [0.15, 0.2) is 0 Å². The number of anilines is 1. The fourth-order valence-corrected chi connectivity index (χ4v) is 4.56. The molecular formula is C22H18Cl2N4O3. The van der Waals surface area contributed by atoms with E-state index in [0.29, 0.717) is 64.4 Å². The number of aromatic nitrogens is 3. The predicted molar refractivity (Wildman–Crippen MR) is 121 cm³/mol. The van der Waals surface area contributed by atoms with Crippen LogP contribution in [0.25, 0.3) is 27.6 Å². The van der Waals surface area contributed by atoms with Crippen molar-refractivity contribution in [3.8, 4) is 5.69 Å². The molecule has 0 saturated carbocycles. The molecule has 0 spiro atoms. The Morgan fingerprint density at radius 3 is 2.65 bits per heavy atom. The molecule has 2 aromatic carbocycles. The summed E-state index contributed by atoms with van der Waals surface area (Å²) < 4.78 is 7.33. The summed E-state index contributed by atoms with van der Waals surface area (Å²) in [5.74, 6) is -0.413. The minimum absolute atomic E-state index is 0.147. The molecule has 4 aromatic rings. The number of para-hydroxylation sites is 1. The van der Waals surface area contributed by atoms with Crippen molar-refractivity contribution in [1.29, 1.82) is 0 Å². The minimum Gasteiger partial charge on any atom is -0.478 e. The van der Waals surface area contributed by atoms with Gasteiger partial charge in [0.25, 0.3) is 0 Å². The van der Waals surface area contributed by atoms with Crippen LogP contribution in [-0.4, -0.2) is 51.9 Å². The summed E-state index contributed by atoms with van der Waals surface area (Å²) in [6.45, 7) is 4.39. The normalized spacial score (nSPS) is 14.5. The summed E-state index contributed by atoms with van der Waals surface area (Å²) in [5.41, 5.74) is 3.31. The van der Waals surface area contributed by atoms with E-state index in [2.05, 4.69) is 14.9 Å². The molecule has 0 amide bonds. The molecule has 0 aliphatic carbocycles. The van der Waals surface area contributed by atoms with Crippen LogP contribution in [-0.2, 0) is 4.74 Å². The van der Waals surface area contributed by atoms with Gasteiger partial charge in [0, 0.05) is 30.4 Å². The standard InChI is InChI=1S/C22H18Cl2N4O3/c1-12-26-20-15(22(29)30)9-13(27-5-7-31-8-6-27)10-18(20)28(12)21-14-3-2-4-16(23)19(14)25-11-17(21)24/h2-4,9-11H,5-8H2,1H3,(H,29,30). The number of halogens is 2. The Hall–Kier alpha value is -2.87. The summed E-state index contributed by atoms with van der Waals surface area (Å²) in [7, 11) is 0. The van der Waals surface area contributed by atoms with Gasteiger partial charge in [-0.15, -0.1) is 0 Å². The molecule has 1 fully saturated rings. The molecule has 3 heterocycles. The third-order valence-electron chi connectivity index (χ3n) is 5.52. The van der Waals surface area contributed by atoms with Gasteiger partial charge in [-0.2, -0.15) is 0 Å². The monoisotopic (exact) mass is 456 g/mol. The van der Waals surface area contributed by atoms with Gasteiger partial charge in [-0.25, -0.2) is 9.78 Å². The highest BCUT2D eigenvalue weighted by molar-refractivity contribution is 6.37. The summed E-state index contributed by atoms with van der Waals surface area (Å²) in [4.78, 5) is 23.2. The van der Waals surface area contributed by atoms with E-state index in [0.717, 1.165) is 11.1 Å². The van der Waals surface area contributed by atoms with E-state index in [4.69, 9.17) is 27.9 Å². The molecule has 0 radical (unpaired) electrons. The van der Waals surface area contributed by atoms with Gasteiger partial charge >= 0.3 is 5.97 Å². The van der Waals surface area contributed by atoms with Crippen LogP contribution >= 0.6 is 23.2 Å². The van der Waals surface area contributed by atoms with Crippen molar-refractivity contribution < 1.29 is 14.6 Å². The number of nitrogens with zero attached hydrogens (tertiary/aromatic N) is 4. The zero-order chi connectivity index (χ0) is 21.7. The molecule has 1 aliphatic rings. The largest absolute Gasteiger partial charge is 0.478 e. The summed E-state index contributed by atoms with van der Waals surface area (Å²) >= 11 is 13.0. The number of aromatic carboxylic acids is 1. The Morgan fingerprint density at radius 1 is 1.13 bits per heavy atom. The summed E-state index contributed by atoms with van der Waals surface area (Å²) in [6, 6.07) is 9.13. The summed E-state index contributed by atoms with van der Waals surface area (Å²) in [5, 5.41) is 11.6. The number of benzene rings is 2. The Morgan fingerprint density at radius 2 is 1.90 bits per heavy atom. The summed E-state index contributed by atoms with van der Waals surface area (Å²) in [6.07, 6.45) is 1.56. The van der Waals surface area contributed by atoms with Crippen LogP contribution in [0.5, 0.6) is 0 Å². The average molecular weight is 457 g/mol. The number of aryl methyl sites for hydroxylation is 1. The average Bonchev–Trinajstić information content (AvgIpc) is 3.09. The Balaban J connectivity index is 1.85. The van der Waals surface area contributed by atoms with Crippen molar-refractivity contribution in [1.82, 2.24) is 14.5 Å². The van der Waals surface area contributed by atoms with Gasteiger partial charge < -0.3 is 14.7 Å². The van der Waals surface area contributed by atoms with E-state index in [1.54, 1.807) is 18.3 Å². The molecular weight excluding hydrogens is 439 g/mol. The van der Waals surface area contributed by atoms with E-state index in [1.165, 1.54) is 0 Å². The molecule has 1 aliphatic heterocycles. The van der Waals surface area contributed by atoms with Gasteiger partial charge in [-0.05, 0) is 25.1 Å². The highest BCUT2D eigenvalue weighted by atomic mass is 35.5. The quantitative estimate of drug-likeness (QED) is 0.480. The van der Waals surface area contributed by atoms with Crippen molar-refractivity contribution in [2.45, 2.75) is 6.92 Å². The van der Waals surface area contributed by atoms with E-state index >= 15 is 0 Å². The first-order valence-electron chi connectivity index (χ1n) is 9.78. The number of carboxylic acid groups (broad SMARTS) is 1. The van der Waals surface area contributed by atoms with Crippen molar-refractivity contribution in [2.24, 2.45) is 0 Å². The Bertz CT molecular complexity index is 1350. The molecule has 2 aromatic heterocycles. The predicted octanol–water partition coefficient (Wildman–Crippen LogP) is 4.72. The van der Waals surface area contributed by atoms with Crippen LogP contribution in [0.1, 0.15) is 16.2 Å². The molecule has 9 heteroatoms. The lowest BCUT2D eigenvalue weighted by Gasteiger charge is -2.29. The minimum atomic E-state index is -1.03. The molecule has 1 N–H and O–H groups in total. The SMILES string of the molecule is Cc1nc2c(C(=O)O)cc(N3CCOCC3)cc2n1-c1c(Cl)cnc2c(Cl)cccc12. The van der Waals surface area contributed by atoms with E-state index in [-0.39, 0.29) is 5.56 Å². The van der Waals surface area contributed by atoms with Crippen LogP contribution in [0.15, 0.2) is 36.5 Å². The molecule has 7 nitrogen and oxygen atoms in total. The molecule has 158 valence electrons. The molecule has 1 saturated heterocycles. The zero-order valence-corrected chi connectivity index (χ0v) is 18.1. The van der Waals surface area contributed by atoms with Gasteiger partial charge in [0.1, 0.15) is 11.3 Å². The second-order valence-electron chi connectivity index (χ2n) is 7.35. The number of pyridine rings is 1. The highest BCUT2D eigenvalue weighted by Crippen LogP contribution is 2.36. The van der Waals surface area contributed by atoms with E-state index in [9.17, 15) is 9.90 Å². The lowest BCUT2D eigenvalue weighted by atomic mass is 10.1. The number of carboxylic acids is 1. The van der Waals surface area contributed by atoms with Gasteiger partial charge in [-0.1, -0.05) is 35.3 Å². The number of fused-ring (bicyclic) bond motifs is 2. The van der Waals surface area contributed by atoms with Gasteiger partial charge in [0.2, 0.25) is 0 Å². The second-order valence-corrected chi connectivity index (χ2v) is 8.17. The fraction of sp³-hybridized carbons (Fsp3) is 0.227. The lowest BCUT2D eigenvalue weighted by Crippen LogP contribution is -2.36. The molecule has 5 rings (SSSR count). The number of morpholine rings is 1. The van der Waals surface area contributed by atoms with Gasteiger partial charge in [-0.3, -0.25) is 9.55 Å². The second kappa shape index (κ2) is 7.67. The van der Waals surface area contributed by atoms with Crippen LogP contribution in [0, 0.1) is 6.92 Å². The van der Waals surface area contributed by atoms with Crippen molar-refractivity contribution in [3.63, 3.8) is 0 Å². The van der Waals surface area contributed by atoms with Crippen LogP contribution in [0.2, 0.25) is 10.0 Å². The molecule has 0 atom stereocenters. The maximum Gasteiger partial charge on any atom is 0.338 e. The maximum atomic E-state index is 12.1. The zero-order valence-electron chi connectivity index (χ0n) is 16.6. The first kappa shape index (κ1) is 20.1. The number of hydrogen-bond acceptors (Lipinski definition) is 5. The van der Waals surface area contributed by atoms with Crippen LogP contribution < -0.4 is 4.90 Å². The van der Waals surface area contributed by atoms with E-state index < -0.39 is 5.97 Å². The number of rotatable bonds is 3. The van der Waals surface area contributed by atoms with Crippen molar-refractivity contribution >= 4 is 56.8 Å². The maximum absolute atomic E-state index is 12.1. The van der Waals surface area contributed by atoms with Crippen molar-refractivity contribution in [3.05, 3.63) is 58.0 Å². The smallest absolute Gasteiger partial charge is 0.338 e. The topological polar surface area (TPSA) is 80.5 Å². The first-order valence-corrected chi connectivity index (χ1v) is 10.5. The molecule has 31 heavy (non-hydrogen) atoms.